The molecule has 0 aliphatic carbocycles. The molecular formula is C19H21N7O2. The Bertz CT molecular complexity index is 1090. The highest BCUT2D eigenvalue weighted by Gasteiger charge is 2.24. The van der Waals surface area contributed by atoms with Crippen molar-refractivity contribution >= 4 is 11.5 Å². The van der Waals surface area contributed by atoms with E-state index in [1.807, 2.05) is 39.0 Å². The van der Waals surface area contributed by atoms with Gasteiger partial charge in [-0.05, 0) is 19.1 Å². The maximum Gasteiger partial charge on any atom is 0.303 e. The van der Waals surface area contributed by atoms with E-state index < -0.39 is 5.56 Å². The smallest absolute Gasteiger partial charge is 0.303 e. The first-order valence-electron chi connectivity index (χ1n) is 8.80. The van der Waals surface area contributed by atoms with Crippen LogP contribution in [0.3, 0.4) is 0 Å². The Balaban J connectivity index is 2.06. The molecule has 0 spiro atoms. The lowest BCUT2D eigenvalue weighted by Crippen LogP contribution is -2.13. The van der Waals surface area contributed by atoms with Gasteiger partial charge in [-0.25, -0.2) is 4.68 Å². The van der Waals surface area contributed by atoms with Crippen molar-refractivity contribution in [3.05, 3.63) is 51.9 Å². The fourth-order valence-electron chi connectivity index (χ4n) is 2.65. The van der Waals surface area contributed by atoms with Gasteiger partial charge in [-0.15, -0.1) is 10.2 Å². The van der Waals surface area contributed by atoms with Gasteiger partial charge in [0.15, 0.2) is 0 Å². The van der Waals surface area contributed by atoms with E-state index in [9.17, 15) is 10.1 Å². The minimum absolute atomic E-state index is 0.00917. The lowest BCUT2D eigenvalue weighted by atomic mass is 9.90. The summed E-state index contributed by atoms with van der Waals surface area (Å²) in [7, 11) is 0. The zero-order valence-electron chi connectivity index (χ0n) is 16.1. The molecular weight excluding hydrogens is 358 g/mol. The molecule has 0 bridgehead atoms. The monoisotopic (exact) mass is 379 g/mol. The maximum atomic E-state index is 12.8. The normalized spacial score (nSPS) is 11.7. The van der Waals surface area contributed by atoms with Crippen LogP contribution in [0.15, 0.2) is 45.4 Å². The highest BCUT2D eigenvalue weighted by molar-refractivity contribution is 5.53. The number of nitriles is 1. The van der Waals surface area contributed by atoms with Crippen LogP contribution in [0.4, 0.5) is 11.5 Å². The summed E-state index contributed by atoms with van der Waals surface area (Å²) in [5.74, 6) is 0.326. The number of benzene rings is 1. The number of ether oxygens (including phenoxy) is 1. The molecule has 9 heteroatoms. The second-order valence-electron chi connectivity index (χ2n) is 7.06. The van der Waals surface area contributed by atoms with Crippen LogP contribution in [0, 0.1) is 11.3 Å². The second-order valence-corrected chi connectivity index (χ2v) is 7.06. The number of aromatic nitrogens is 4. The lowest BCUT2D eigenvalue weighted by molar-refractivity contribution is 0.325. The number of nitrogens with one attached hydrogen (secondary N) is 2. The molecule has 0 saturated heterocycles. The summed E-state index contributed by atoms with van der Waals surface area (Å²) in [6.07, 6.45) is 0. The number of nitrogens with zero attached hydrogens (tertiary/aromatic N) is 5. The minimum Gasteiger partial charge on any atom is -0.477 e. The molecule has 28 heavy (non-hydrogen) atoms. The molecule has 0 amide bonds. The average Bonchev–Trinajstić information content (AvgIpc) is 3.22. The van der Waals surface area contributed by atoms with E-state index >= 15 is 0 Å². The molecule has 3 rings (SSSR count). The van der Waals surface area contributed by atoms with E-state index in [1.165, 1.54) is 4.68 Å². The van der Waals surface area contributed by atoms with Crippen molar-refractivity contribution in [1.82, 2.24) is 20.0 Å². The molecule has 0 aliphatic heterocycles. The molecule has 0 radical (unpaired) electrons. The van der Waals surface area contributed by atoms with Gasteiger partial charge in [0.2, 0.25) is 17.4 Å². The van der Waals surface area contributed by atoms with E-state index in [-0.39, 0.29) is 22.8 Å². The van der Waals surface area contributed by atoms with Gasteiger partial charge in [-0.3, -0.25) is 15.0 Å². The van der Waals surface area contributed by atoms with Crippen molar-refractivity contribution in [3.8, 4) is 17.6 Å². The topological polar surface area (TPSA) is 124 Å². The van der Waals surface area contributed by atoms with Crippen LogP contribution in [0.2, 0.25) is 0 Å². The Labute approximate surface area is 161 Å². The van der Waals surface area contributed by atoms with Crippen molar-refractivity contribution in [2.24, 2.45) is 10.2 Å². The van der Waals surface area contributed by atoms with Crippen LogP contribution < -0.4 is 10.3 Å². The fourth-order valence-corrected chi connectivity index (χ4v) is 2.65. The third kappa shape index (κ3) is 3.57. The fraction of sp³-hybridized carbons (Fsp3) is 0.316. The number of rotatable bonds is 5. The van der Waals surface area contributed by atoms with Crippen molar-refractivity contribution in [1.29, 1.82) is 5.26 Å². The summed E-state index contributed by atoms with van der Waals surface area (Å²) >= 11 is 0. The van der Waals surface area contributed by atoms with E-state index in [2.05, 4.69) is 31.6 Å². The number of azo groups is 1. The first-order chi connectivity index (χ1) is 13.4. The predicted molar refractivity (Wildman–Crippen MR) is 104 cm³/mol. The molecule has 9 nitrogen and oxygen atoms in total. The zero-order chi connectivity index (χ0) is 20.3. The molecule has 0 atom stereocenters. The van der Waals surface area contributed by atoms with Gasteiger partial charge in [0.25, 0.3) is 0 Å². The van der Waals surface area contributed by atoms with Crippen molar-refractivity contribution in [2.75, 3.05) is 6.61 Å². The van der Waals surface area contributed by atoms with Crippen LogP contribution in [-0.4, -0.2) is 26.6 Å². The Kier molecular flexibility index (Phi) is 5.13. The molecule has 2 heterocycles. The van der Waals surface area contributed by atoms with Crippen LogP contribution in [-0.2, 0) is 5.41 Å². The van der Waals surface area contributed by atoms with Crippen LogP contribution in [0.25, 0.3) is 5.69 Å². The Morgan fingerprint density at radius 2 is 1.96 bits per heavy atom. The first-order valence-corrected chi connectivity index (χ1v) is 8.80. The van der Waals surface area contributed by atoms with E-state index in [0.29, 0.717) is 23.6 Å². The molecule has 0 unspecified atom stereocenters. The Hall–Kier alpha value is -3.67. The van der Waals surface area contributed by atoms with Gasteiger partial charge < -0.3 is 4.74 Å². The molecule has 3 aromatic rings. The molecule has 0 aliphatic rings. The molecule has 0 saturated carbocycles. The van der Waals surface area contributed by atoms with Crippen molar-refractivity contribution in [2.45, 2.75) is 33.1 Å². The quantitative estimate of drug-likeness (QED) is 0.653. The summed E-state index contributed by atoms with van der Waals surface area (Å²) in [6.45, 7) is 8.02. The number of para-hydroxylation sites is 1. The van der Waals surface area contributed by atoms with Gasteiger partial charge in [-0.1, -0.05) is 39.0 Å². The van der Waals surface area contributed by atoms with E-state index in [4.69, 9.17) is 4.74 Å². The van der Waals surface area contributed by atoms with Crippen LogP contribution in [0.5, 0.6) is 5.88 Å². The van der Waals surface area contributed by atoms with Crippen LogP contribution >= 0.6 is 0 Å². The molecule has 1 aromatic carbocycles. The summed E-state index contributed by atoms with van der Waals surface area (Å²) < 4.78 is 6.83. The van der Waals surface area contributed by atoms with E-state index in [0.717, 1.165) is 0 Å². The molecule has 0 fully saturated rings. The number of aromatic amines is 2. The zero-order valence-corrected chi connectivity index (χ0v) is 16.1. The Morgan fingerprint density at radius 3 is 2.57 bits per heavy atom. The Morgan fingerprint density at radius 1 is 1.25 bits per heavy atom. The largest absolute Gasteiger partial charge is 0.477 e. The number of hydrogen-bond donors (Lipinski definition) is 2. The van der Waals surface area contributed by atoms with Gasteiger partial charge in [0.1, 0.15) is 11.6 Å². The highest BCUT2D eigenvalue weighted by atomic mass is 16.5. The average molecular weight is 379 g/mol. The third-order valence-corrected chi connectivity index (χ3v) is 3.99. The predicted octanol–water partition coefficient (Wildman–Crippen LogP) is 3.87. The van der Waals surface area contributed by atoms with E-state index in [1.54, 1.807) is 19.1 Å². The number of hydrogen-bond acceptors (Lipinski definition) is 6. The molecule has 2 aromatic heterocycles. The van der Waals surface area contributed by atoms with Gasteiger partial charge in [0.05, 0.1) is 18.0 Å². The van der Waals surface area contributed by atoms with Gasteiger partial charge in [-0.2, -0.15) is 10.4 Å². The minimum atomic E-state index is -0.413. The van der Waals surface area contributed by atoms with Crippen molar-refractivity contribution in [3.63, 3.8) is 0 Å². The number of H-pyrrole nitrogens is 2. The van der Waals surface area contributed by atoms with Gasteiger partial charge >= 0.3 is 5.56 Å². The van der Waals surface area contributed by atoms with Crippen LogP contribution in [0.1, 0.15) is 39.0 Å². The second kappa shape index (κ2) is 7.52. The molecule has 144 valence electrons. The summed E-state index contributed by atoms with van der Waals surface area (Å²) in [5.41, 5.74) is 0.884. The third-order valence-electron chi connectivity index (χ3n) is 3.99. The van der Waals surface area contributed by atoms with Gasteiger partial charge in [0, 0.05) is 5.41 Å². The summed E-state index contributed by atoms with van der Waals surface area (Å²) in [4.78, 5) is 12.8. The SMILES string of the molecule is CCOc1[nH]n(-c2ccccc2)c(=O)c1N=Nc1n[nH]c(C(C)(C)C)c1C#N. The highest BCUT2D eigenvalue weighted by Crippen LogP contribution is 2.31. The lowest BCUT2D eigenvalue weighted by Gasteiger charge is -2.15. The summed E-state index contributed by atoms with van der Waals surface area (Å²) in [6, 6.07) is 11.2. The molecule has 2 N–H and O–H groups in total. The summed E-state index contributed by atoms with van der Waals surface area (Å²) in [5, 5.41) is 27.4. The first kappa shape index (κ1) is 19.1. The maximum absolute atomic E-state index is 12.8. The van der Waals surface area contributed by atoms with Crippen molar-refractivity contribution < 1.29 is 4.74 Å². The standard InChI is InChI=1S/C19H21N7O2/c1-5-28-17-14(18(27)26(25-17)12-9-7-6-8-10-12)21-23-16-13(11-20)15(22-24-16)19(2,3)4/h6-10,25H,5H2,1-4H3,(H,22,24).